The molecule has 2 atom stereocenters. The number of ether oxygens (including phenoxy) is 1. The van der Waals surface area contributed by atoms with Crippen molar-refractivity contribution < 1.29 is 24.5 Å². The summed E-state index contributed by atoms with van der Waals surface area (Å²) in [6, 6.07) is 13.5. The van der Waals surface area contributed by atoms with E-state index in [1.807, 2.05) is 30.3 Å². The van der Waals surface area contributed by atoms with E-state index in [0.717, 1.165) is 5.56 Å². The van der Waals surface area contributed by atoms with Crippen LogP contribution in [0, 0.1) is 0 Å². The Labute approximate surface area is 151 Å². The SMILES string of the molecule is N[C@@H](COCc1ccccc1)C(=O)N[C@@H](Cc1ccc(O)cc1)C(=O)O. The van der Waals surface area contributed by atoms with E-state index in [9.17, 15) is 19.8 Å². The molecular weight excluding hydrogens is 336 g/mol. The number of phenolic OH excluding ortho intramolecular Hbond substituents is 1. The van der Waals surface area contributed by atoms with Crippen LogP contribution < -0.4 is 11.1 Å². The topological polar surface area (TPSA) is 122 Å². The Bertz CT molecular complexity index is 718. The van der Waals surface area contributed by atoms with Crippen LogP contribution in [0.2, 0.25) is 0 Å². The van der Waals surface area contributed by atoms with Gasteiger partial charge in [-0.05, 0) is 23.3 Å². The maximum absolute atomic E-state index is 12.1. The number of amides is 1. The lowest BCUT2D eigenvalue weighted by molar-refractivity contribution is -0.142. The number of carboxylic acid groups (broad SMARTS) is 1. The highest BCUT2D eigenvalue weighted by Crippen LogP contribution is 2.11. The van der Waals surface area contributed by atoms with E-state index in [2.05, 4.69) is 5.32 Å². The number of rotatable bonds is 9. The van der Waals surface area contributed by atoms with E-state index in [1.54, 1.807) is 12.1 Å². The van der Waals surface area contributed by atoms with Crippen LogP contribution in [0.4, 0.5) is 0 Å². The summed E-state index contributed by atoms with van der Waals surface area (Å²) >= 11 is 0. The Morgan fingerprint density at radius 2 is 1.69 bits per heavy atom. The van der Waals surface area contributed by atoms with Crippen LogP contribution in [-0.2, 0) is 27.4 Å². The van der Waals surface area contributed by atoms with Crippen LogP contribution in [0.5, 0.6) is 5.75 Å². The van der Waals surface area contributed by atoms with Gasteiger partial charge in [-0.2, -0.15) is 0 Å². The summed E-state index contributed by atoms with van der Waals surface area (Å²) < 4.78 is 5.42. The van der Waals surface area contributed by atoms with E-state index in [-0.39, 0.29) is 18.8 Å². The van der Waals surface area contributed by atoms with Crippen molar-refractivity contribution in [1.29, 1.82) is 0 Å². The van der Waals surface area contributed by atoms with Gasteiger partial charge in [-0.15, -0.1) is 0 Å². The lowest BCUT2D eigenvalue weighted by Crippen LogP contribution is -2.50. The quantitative estimate of drug-likeness (QED) is 0.531. The normalized spacial score (nSPS) is 13.0. The molecule has 7 heteroatoms. The fourth-order valence-electron chi connectivity index (χ4n) is 2.30. The van der Waals surface area contributed by atoms with Crippen molar-refractivity contribution in [3.8, 4) is 5.75 Å². The average Bonchev–Trinajstić information content (AvgIpc) is 2.63. The molecule has 138 valence electrons. The van der Waals surface area contributed by atoms with E-state index < -0.39 is 24.0 Å². The maximum Gasteiger partial charge on any atom is 0.326 e. The first-order valence-corrected chi connectivity index (χ1v) is 8.14. The molecule has 0 aliphatic rings. The van der Waals surface area contributed by atoms with Crippen LogP contribution in [-0.4, -0.2) is 40.8 Å². The molecule has 0 aliphatic carbocycles. The minimum absolute atomic E-state index is 0.0216. The summed E-state index contributed by atoms with van der Waals surface area (Å²) in [4.78, 5) is 23.5. The number of aromatic hydroxyl groups is 1. The zero-order valence-corrected chi connectivity index (χ0v) is 14.2. The highest BCUT2D eigenvalue weighted by atomic mass is 16.5. The number of hydrogen-bond donors (Lipinski definition) is 4. The highest BCUT2D eigenvalue weighted by Gasteiger charge is 2.23. The van der Waals surface area contributed by atoms with Crippen LogP contribution in [0.3, 0.4) is 0 Å². The first-order valence-electron chi connectivity index (χ1n) is 8.14. The predicted molar refractivity (Wildman–Crippen MR) is 95.5 cm³/mol. The lowest BCUT2D eigenvalue weighted by atomic mass is 10.1. The molecule has 0 heterocycles. The van der Waals surface area contributed by atoms with Crippen molar-refractivity contribution in [3.63, 3.8) is 0 Å². The molecule has 0 aromatic heterocycles. The fraction of sp³-hybridized carbons (Fsp3) is 0.263. The number of nitrogens with one attached hydrogen (secondary N) is 1. The molecule has 2 rings (SSSR count). The smallest absolute Gasteiger partial charge is 0.326 e. The molecule has 7 nitrogen and oxygen atoms in total. The Kier molecular flexibility index (Phi) is 7.13. The lowest BCUT2D eigenvalue weighted by Gasteiger charge is -2.18. The Morgan fingerprint density at radius 1 is 1.04 bits per heavy atom. The van der Waals surface area contributed by atoms with E-state index in [0.29, 0.717) is 12.2 Å². The molecule has 2 aromatic carbocycles. The third-order valence-corrected chi connectivity index (χ3v) is 3.74. The molecule has 0 saturated heterocycles. The zero-order chi connectivity index (χ0) is 18.9. The van der Waals surface area contributed by atoms with Crippen molar-refractivity contribution in [1.82, 2.24) is 5.32 Å². The van der Waals surface area contributed by atoms with Gasteiger partial charge < -0.3 is 26.0 Å². The largest absolute Gasteiger partial charge is 0.508 e. The van der Waals surface area contributed by atoms with Gasteiger partial charge in [0.15, 0.2) is 0 Å². The average molecular weight is 358 g/mol. The molecule has 0 bridgehead atoms. The number of benzene rings is 2. The van der Waals surface area contributed by atoms with Gasteiger partial charge in [0, 0.05) is 6.42 Å². The molecule has 5 N–H and O–H groups in total. The number of phenols is 1. The fourth-order valence-corrected chi connectivity index (χ4v) is 2.30. The summed E-state index contributed by atoms with van der Waals surface area (Å²) in [7, 11) is 0. The van der Waals surface area contributed by atoms with Crippen LogP contribution in [0.25, 0.3) is 0 Å². The van der Waals surface area contributed by atoms with Crippen LogP contribution >= 0.6 is 0 Å². The number of carbonyl (C=O) groups is 2. The van der Waals surface area contributed by atoms with E-state index in [4.69, 9.17) is 10.5 Å². The molecule has 0 radical (unpaired) electrons. The second-order valence-corrected chi connectivity index (χ2v) is 5.88. The zero-order valence-electron chi connectivity index (χ0n) is 14.2. The second kappa shape index (κ2) is 9.55. The molecule has 26 heavy (non-hydrogen) atoms. The second-order valence-electron chi connectivity index (χ2n) is 5.88. The van der Waals surface area contributed by atoms with Gasteiger partial charge in [-0.3, -0.25) is 4.79 Å². The summed E-state index contributed by atoms with van der Waals surface area (Å²) in [5.41, 5.74) is 7.41. The Balaban J connectivity index is 1.83. The Hall–Kier alpha value is -2.90. The maximum atomic E-state index is 12.1. The minimum Gasteiger partial charge on any atom is -0.508 e. The van der Waals surface area contributed by atoms with Crippen molar-refractivity contribution in [2.24, 2.45) is 5.73 Å². The van der Waals surface area contributed by atoms with Gasteiger partial charge in [-0.25, -0.2) is 4.79 Å². The predicted octanol–water partition coefficient (Wildman–Crippen LogP) is 1.05. The van der Waals surface area contributed by atoms with Gasteiger partial charge in [0.25, 0.3) is 0 Å². The number of aliphatic carboxylic acids is 1. The summed E-state index contributed by atoms with van der Waals surface area (Å²) in [6.07, 6.45) is 0.0823. The standard InChI is InChI=1S/C19H22N2O5/c20-16(12-26-11-14-4-2-1-3-5-14)18(23)21-17(19(24)25)10-13-6-8-15(22)9-7-13/h1-9,16-17,22H,10-12,20H2,(H,21,23)(H,24,25)/t16-,17-/m0/s1. The highest BCUT2D eigenvalue weighted by molar-refractivity contribution is 5.87. The molecular formula is C19H22N2O5. The van der Waals surface area contributed by atoms with Gasteiger partial charge in [0.1, 0.15) is 17.8 Å². The van der Waals surface area contributed by atoms with E-state index in [1.165, 1.54) is 12.1 Å². The molecule has 0 spiro atoms. The molecule has 0 saturated carbocycles. The molecule has 0 aliphatic heterocycles. The number of hydrogen-bond acceptors (Lipinski definition) is 5. The molecule has 2 aromatic rings. The van der Waals surface area contributed by atoms with Crippen molar-refractivity contribution in [2.75, 3.05) is 6.61 Å². The van der Waals surface area contributed by atoms with Crippen molar-refractivity contribution in [2.45, 2.75) is 25.1 Å². The van der Waals surface area contributed by atoms with Crippen LogP contribution in [0.15, 0.2) is 54.6 Å². The van der Waals surface area contributed by atoms with Crippen LogP contribution in [0.1, 0.15) is 11.1 Å². The summed E-state index contributed by atoms with van der Waals surface area (Å²) in [5.74, 6) is -1.67. The van der Waals surface area contributed by atoms with Gasteiger partial charge in [0.05, 0.1) is 13.2 Å². The third-order valence-electron chi connectivity index (χ3n) is 3.74. The summed E-state index contributed by atoms with van der Waals surface area (Å²) in [6.45, 7) is 0.296. The van der Waals surface area contributed by atoms with Gasteiger partial charge >= 0.3 is 5.97 Å². The third kappa shape index (κ3) is 6.19. The summed E-state index contributed by atoms with van der Waals surface area (Å²) in [5, 5.41) is 21.0. The van der Waals surface area contributed by atoms with Gasteiger partial charge in [-0.1, -0.05) is 42.5 Å². The number of carbonyl (C=O) groups excluding carboxylic acids is 1. The van der Waals surface area contributed by atoms with Gasteiger partial charge in [0.2, 0.25) is 5.91 Å². The first kappa shape index (κ1) is 19.4. The Morgan fingerprint density at radius 3 is 2.31 bits per heavy atom. The van der Waals surface area contributed by atoms with Crippen molar-refractivity contribution in [3.05, 3.63) is 65.7 Å². The monoisotopic (exact) mass is 358 g/mol. The molecule has 1 amide bonds. The number of carboxylic acids is 1. The van der Waals surface area contributed by atoms with Crippen molar-refractivity contribution >= 4 is 11.9 Å². The minimum atomic E-state index is -1.16. The molecule has 0 unspecified atom stereocenters. The molecule has 0 fully saturated rings. The number of nitrogens with two attached hydrogens (primary N) is 1. The van der Waals surface area contributed by atoms with E-state index >= 15 is 0 Å². The first-order chi connectivity index (χ1) is 12.5.